The summed E-state index contributed by atoms with van der Waals surface area (Å²) in [5, 5.41) is 8.76. The molecule has 1 aliphatic heterocycles. The van der Waals surface area contributed by atoms with Crippen molar-refractivity contribution in [1.29, 1.82) is 0 Å². The van der Waals surface area contributed by atoms with Gasteiger partial charge < -0.3 is 20.5 Å². The topological polar surface area (TPSA) is 96.1 Å². The molecule has 1 fully saturated rings. The van der Waals surface area contributed by atoms with Gasteiger partial charge in [0.15, 0.2) is 0 Å². The summed E-state index contributed by atoms with van der Waals surface area (Å²) < 4.78 is 4.91. The molecular weight excluding hydrogens is 250 g/mol. The molecule has 0 spiro atoms. The zero-order valence-electron chi connectivity index (χ0n) is 11.4. The van der Waals surface area contributed by atoms with Crippen molar-refractivity contribution >= 4 is 11.9 Å². The Hall–Kier alpha value is -1.18. The van der Waals surface area contributed by atoms with Crippen LogP contribution in [0.3, 0.4) is 0 Å². The smallest absolute Gasteiger partial charge is 0.317 e. The Balaban J connectivity index is 2.43. The lowest BCUT2D eigenvalue weighted by Gasteiger charge is -2.24. The highest BCUT2D eigenvalue weighted by Gasteiger charge is 2.24. The van der Waals surface area contributed by atoms with Crippen LogP contribution in [-0.2, 0) is 14.3 Å². The molecule has 1 amide bonds. The number of rotatable bonds is 6. The van der Waals surface area contributed by atoms with E-state index in [1.165, 1.54) is 0 Å². The zero-order valence-corrected chi connectivity index (χ0v) is 11.4. The van der Waals surface area contributed by atoms with Crippen molar-refractivity contribution < 1.29 is 19.4 Å². The number of methoxy groups -OCH3 is 1. The lowest BCUT2D eigenvalue weighted by Crippen LogP contribution is -2.45. The summed E-state index contributed by atoms with van der Waals surface area (Å²) in [6.45, 7) is 2.94. The van der Waals surface area contributed by atoms with Gasteiger partial charge in [-0.3, -0.25) is 14.5 Å². The van der Waals surface area contributed by atoms with Gasteiger partial charge in [0.25, 0.3) is 0 Å². The molecule has 1 atom stereocenters. The molecule has 19 heavy (non-hydrogen) atoms. The van der Waals surface area contributed by atoms with Crippen LogP contribution in [0.1, 0.15) is 12.8 Å². The van der Waals surface area contributed by atoms with E-state index in [0.717, 1.165) is 6.42 Å². The number of carbonyl (C=O) groups is 2. The van der Waals surface area contributed by atoms with E-state index in [1.54, 1.807) is 12.0 Å². The van der Waals surface area contributed by atoms with E-state index in [-0.39, 0.29) is 12.5 Å². The minimum absolute atomic E-state index is 0.0256. The summed E-state index contributed by atoms with van der Waals surface area (Å²) in [6, 6.07) is -0.536. The Morgan fingerprint density at radius 3 is 2.68 bits per heavy atom. The first-order valence-corrected chi connectivity index (χ1v) is 6.52. The van der Waals surface area contributed by atoms with Crippen molar-refractivity contribution in [2.45, 2.75) is 18.9 Å². The standard InChI is InChI=1S/C12H23N3O4/c1-19-8-3-10(13)12(18)15-5-2-4-14(6-7-15)9-11(16)17/h10H,2-9,13H2,1H3,(H,16,17). The number of aliphatic carboxylic acids is 1. The first kappa shape index (κ1) is 15.9. The van der Waals surface area contributed by atoms with Crippen LogP contribution in [0.5, 0.6) is 0 Å². The average molecular weight is 273 g/mol. The Labute approximate surface area is 113 Å². The van der Waals surface area contributed by atoms with Gasteiger partial charge in [0, 0.05) is 39.9 Å². The van der Waals surface area contributed by atoms with Crippen LogP contribution in [-0.4, -0.2) is 79.3 Å². The SMILES string of the molecule is COCCC(N)C(=O)N1CCCN(CC(=O)O)CC1. The summed E-state index contributed by atoms with van der Waals surface area (Å²) in [5.41, 5.74) is 5.82. The van der Waals surface area contributed by atoms with Crippen molar-refractivity contribution in [3.05, 3.63) is 0 Å². The molecule has 0 aromatic heterocycles. The predicted octanol–water partition coefficient (Wildman–Crippen LogP) is -1.03. The number of hydrogen-bond acceptors (Lipinski definition) is 5. The normalized spacial score (nSPS) is 18.9. The van der Waals surface area contributed by atoms with Gasteiger partial charge in [-0.2, -0.15) is 0 Å². The molecule has 1 rings (SSSR count). The fourth-order valence-corrected chi connectivity index (χ4v) is 2.14. The summed E-state index contributed by atoms with van der Waals surface area (Å²) >= 11 is 0. The highest BCUT2D eigenvalue weighted by Crippen LogP contribution is 2.06. The van der Waals surface area contributed by atoms with Gasteiger partial charge in [0.05, 0.1) is 12.6 Å². The Morgan fingerprint density at radius 2 is 2.05 bits per heavy atom. The molecule has 0 radical (unpaired) electrons. The monoisotopic (exact) mass is 273 g/mol. The van der Waals surface area contributed by atoms with Crippen molar-refractivity contribution in [2.24, 2.45) is 5.73 Å². The first-order valence-electron chi connectivity index (χ1n) is 6.52. The van der Waals surface area contributed by atoms with Crippen LogP contribution < -0.4 is 5.73 Å². The molecule has 1 heterocycles. The molecule has 7 nitrogen and oxygen atoms in total. The van der Waals surface area contributed by atoms with Crippen LogP contribution in [0.2, 0.25) is 0 Å². The minimum atomic E-state index is -0.837. The number of amides is 1. The van der Waals surface area contributed by atoms with E-state index in [9.17, 15) is 9.59 Å². The number of carbonyl (C=O) groups excluding carboxylic acids is 1. The third-order valence-electron chi connectivity index (χ3n) is 3.21. The van der Waals surface area contributed by atoms with Gasteiger partial charge in [-0.1, -0.05) is 0 Å². The molecule has 0 aliphatic carbocycles. The molecule has 1 unspecified atom stereocenters. The van der Waals surface area contributed by atoms with E-state index in [1.807, 2.05) is 4.90 Å². The van der Waals surface area contributed by atoms with E-state index >= 15 is 0 Å². The quantitative estimate of drug-likeness (QED) is 0.642. The Kier molecular flexibility index (Phi) is 6.75. The number of carboxylic acid groups (broad SMARTS) is 1. The molecule has 1 aliphatic rings. The number of nitrogens with two attached hydrogens (primary N) is 1. The van der Waals surface area contributed by atoms with Crippen molar-refractivity contribution in [2.75, 3.05) is 46.4 Å². The predicted molar refractivity (Wildman–Crippen MR) is 69.7 cm³/mol. The van der Waals surface area contributed by atoms with Crippen molar-refractivity contribution in [1.82, 2.24) is 9.80 Å². The van der Waals surface area contributed by atoms with Gasteiger partial charge >= 0.3 is 5.97 Å². The number of hydrogen-bond donors (Lipinski definition) is 2. The molecule has 0 aromatic carbocycles. The maximum Gasteiger partial charge on any atom is 0.317 e. The highest BCUT2D eigenvalue weighted by atomic mass is 16.5. The molecule has 0 saturated carbocycles. The minimum Gasteiger partial charge on any atom is -0.480 e. The summed E-state index contributed by atoms with van der Waals surface area (Å²) in [4.78, 5) is 26.3. The Bertz CT molecular complexity index is 311. The fourth-order valence-electron chi connectivity index (χ4n) is 2.14. The number of carboxylic acids is 1. The zero-order chi connectivity index (χ0) is 14.3. The fraction of sp³-hybridized carbons (Fsp3) is 0.833. The number of ether oxygens (including phenoxy) is 1. The third-order valence-corrected chi connectivity index (χ3v) is 3.21. The summed E-state index contributed by atoms with van der Waals surface area (Å²) in [7, 11) is 1.58. The molecule has 1 saturated heterocycles. The average Bonchev–Trinajstić information content (AvgIpc) is 2.60. The maximum atomic E-state index is 12.1. The van der Waals surface area contributed by atoms with Gasteiger partial charge in [-0.05, 0) is 12.8 Å². The van der Waals surface area contributed by atoms with E-state index < -0.39 is 12.0 Å². The van der Waals surface area contributed by atoms with Crippen LogP contribution >= 0.6 is 0 Å². The van der Waals surface area contributed by atoms with E-state index in [0.29, 0.717) is 39.2 Å². The molecule has 110 valence electrons. The summed E-state index contributed by atoms with van der Waals surface area (Å²) in [6.07, 6.45) is 1.28. The van der Waals surface area contributed by atoms with Crippen LogP contribution in [0, 0.1) is 0 Å². The Morgan fingerprint density at radius 1 is 1.32 bits per heavy atom. The maximum absolute atomic E-state index is 12.1. The molecule has 7 heteroatoms. The van der Waals surface area contributed by atoms with Gasteiger partial charge in [0.1, 0.15) is 0 Å². The molecule has 0 bridgehead atoms. The third kappa shape index (κ3) is 5.54. The molecule has 0 aromatic rings. The van der Waals surface area contributed by atoms with Crippen LogP contribution in [0.25, 0.3) is 0 Å². The van der Waals surface area contributed by atoms with E-state index in [4.69, 9.17) is 15.6 Å². The van der Waals surface area contributed by atoms with Crippen LogP contribution in [0.4, 0.5) is 0 Å². The molecular formula is C12H23N3O4. The van der Waals surface area contributed by atoms with Crippen molar-refractivity contribution in [3.8, 4) is 0 Å². The second-order valence-electron chi connectivity index (χ2n) is 4.74. The van der Waals surface area contributed by atoms with Crippen LogP contribution in [0.15, 0.2) is 0 Å². The van der Waals surface area contributed by atoms with Gasteiger partial charge in [-0.15, -0.1) is 0 Å². The van der Waals surface area contributed by atoms with Gasteiger partial charge in [0.2, 0.25) is 5.91 Å². The second-order valence-corrected chi connectivity index (χ2v) is 4.74. The van der Waals surface area contributed by atoms with Crippen molar-refractivity contribution in [3.63, 3.8) is 0 Å². The second kappa shape index (κ2) is 8.08. The lowest BCUT2D eigenvalue weighted by molar-refractivity contribution is -0.138. The largest absolute Gasteiger partial charge is 0.480 e. The highest BCUT2D eigenvalue weighted by molar-refractivity contribution is 5.81. The molecule has 3 N–H and O–H groups in total. The van der Waals surface area contributed by atoms with E-state index in [2.05, 4.69) is 0 Å². The lowest BCUT2D eigenvalue weighted by atomic mass is 10.2. The van der Waals surface area contributed by atoms with Gasteiger partial charge in [-0.25, -0.2) is 0 Å². The number of nitrogens with zero attached hydrogens (tertiary/aromatic N) is 2. The summed E-state index contributed by atoms with van der Waals surface area (Å²) in [5.74, 6) is -0.911. The first-order chi connectivity index (χ1) is 9.04.